The summed E-state index contributed by atoms with van der Waals surface area (Å²) in [6, 6.07) is 6.55. The second-order valence-corrected chi connectivity index (χ2v) is 6.74. The standard InChI is InChI=1S/C17H18BrN3O2/c1-10-8-13(6-7-14(10)18)19-17(23)11(2)21-16(22)9-12-4-3-5-15(12)20-21/h6-9,11H,3-5H2,1-2H3,(H,19,23). The van der Waals surface area contributed by atoms with Gasteiger partial charge in [0.1, 0.15) is 6.04 Å². The average molecular weight is 376 g/mol. The van der Waals surface area contributed by atoms with E-state index in [2.05, 4.69) is 26.3 Å². The van der Waals surface area contributed by atoms with E-state index < -0.39 is 6.04 Å². The van der Waals surface area contributed by atoms with Crippen molar-refractivity contribution in [2.24, 2.45) is 0 Å². The van der Waals surface area contributed by atoms with Gasteiger partial charge in [-0.3, -0.25) is 9.59 Å². The Hall–Kier alpha value is -1.95. The Kier molecular flexibility index (Phi) is 4.35. The van der Waals surface area contributed by atoms with E-state index in [1.807, 2.05) is 25.1 Å². The molecule has 0 saturated heterocycles. The fourth-order valence-electron chi connectivity index (χ4n) is 2.77. The topological polar surface area (TPSA) is 64.0 Å². The summed E-state index contributed by atoms with van der Waals surface area (Å²) in [4.78, 5) is 24.6. The van der Waals surface area contributed by atoms with Gasteiger partial charge < -0.3 is 5.32 Å². The van der Waals surface area contributed by atoms with Crippen molar-refractivity contribution in [1.82, 2.24) is 9.78 Å². The number of carbonyl (C=O) groups is 1. The van der Waals surface area contributed by atoms with Crippen LogP contribution in [0.4, 0.5) is 5.69 Å². The van der Waals surface area contributed by atoms with Crippen molar-refractivity contribution in [2.45, 2.75) is 39.2 Å². The van der Waals surface area contributed by atoms with Crippen LogP contribution in [0.1, 0.15) is 36.2 Å². The second kappa shape index (κ2) is 6.28. The van der Waals surface area contributed by atoms with E-state index in [1.165, 1.54) is 4.68 Å². The highest BCUT2D eigenvalue weighted by Gasteiger charge is 2.21. The maximum Gasteiger partial charge on any atom is 0.267 e. The van der Waals surface area contributed by atoms with Crippen LogP contribution >= 0.6 is 15.9 Å². The van der Waals surface area contributed by atoms with E-state index in [0.29, 0.717) is 5.69 Å². The van der Waals surface area contributed by atoms with Gasteiger partial charge in [-0.15, -0.1) is 0 Å². The molecule has 5 nitrogen and oxygen atoms in total. The van der Waals surface area contributed by atoms with Gasteiger partial charge >= 0.3 is 0 Å². The molecule has 23 heavy (non-hydrogen) atoms. The third-order valence-corrected chi connectivity index (χ3v) is 5.04. The molecular weight excluding hydrogens is 358 g/mol. The summed E-state index contributed by atoms with van der Waals surface area (Å²) in [6.07, 6.45) is 2.79. The van der Waals surface area contributed by atoms with Gasteiger partial charge in [-0.1, -0.05) is 15.9 Å². The minimum atomic E-state index is -0.655. The number of hydrogen-bond acceptors (Lipinski definition) is 3. The Morgan fingerprint density at radius 1 is 1.35 bits per heavy atom. The zero-order valence-electron chi connectivity index (χ0n) is 13.1. The van der Waals surface area contributed by atoms with Gasteiger partial charge in [-0.05, 0) is 62.4 Å². The van der Waals surface area contributed by atoms with Crippen LogP contribution in [0.2, 0.25) is 0 Å². The quantitative estimate of drug-likeness (QED) is 0.896. The van der Waals surface area contributed by atoms with Crippen LogP contribution in [0, 0.1) is 6.92 Å². The van der Waals surface area contributed by atoms with Crippen LogP contribution in [0.25, 0.3) is 0 Å². The second-order valence-electron chi connectivity index (χ2n) is 5.88. The zero-order chi connectivity index (χ0) is 16.6. The molecule has 3 rings (SSSR count). The monoisotopic (exact) mass is 375 g/mol. The molecule has 1 aliphatic rings. The highest BCUT2D eigenvalue weighted by Crippen LogP contribution is 2.21. The lowest BCUT2D eigenvalue weighted by Crippen LogP contribution is -2.34. The first-order valence-electron chi connectivity index (χ1n) is 7.64. The maximum atomic E-state index is 12.4. The van der Waals surface area contributed by atoms with Gasteiger partial charge in [0.25, 0.3) is 5.56 Å². The van der Waals surface area contributed by atoms with Crippen molar-refractivity contribution >= 4 is 27.5 Å². The first kappa shape index (κ1) is 15.9. The van der Waals surface area contributed by atoms with Crippen LogP contribution in [0.3, 0.4) is 0 Å². The lowest BCUT2D eigenvalue weighted by Gasteiger charge is -2.15. The summed E-state index contributed by atoms with van der Waals surface area (Å²) in [5.41, 5.74) is 3.46. The Balaban J connectivity index is 1.82. The molecule has 1 aromatic carbocycles. The van der Waals surface area contributed by atoms with Gasteiger partial charge in [0.15, 0.2) is 0 Å². The Labute approximate surface area is 142 Å². The van der Waals surface area contributed by atoms with E-state index in [1.54, 1.807) is 13.0 Å². The molecule has 0 aliphatic heterocycles. The largest absolute Gasteiger partial charge is 0.324 e. The lowest BCUT2D eigenvalue weighted by molar-refractivity contribution is -0.119. The SMILES string of the molecule is Cc1cc(NC(=O)C(C)n2nc3c(cc2=O)CCC3)ccc1Br. The molecule has 0 spiro atoms. The number of aromatic nitrogens is 2. The molecule has 0 saturated carbocycles. The first-order chi connectivity index (χ1) is 11.0. The highest BCUT2D eigenvalue weighted by molar-refractivity contribution is 9.10. The number of benzene rings is 1. The Bertz CT molecular complexity index is 829. The molecule has 1 N–H and O–H groups in total. The molecule has 6 heteroatoms. The fourth-order valence-corrected chi connectivity index (χ4v) is 3.02. The molecule has 0 bridgehead atoms. The van der Waals surface area contributed by atoms with Crippen LogP contribution in [-0.2, 0) is 17.6 Å². The summed E-state index contributed by atoms with van der Waals surface area (Å²) < 4.78 is 2.27. The van der Waals surface area contributed by atoms with Crippen molar-refractivity contribution in [3.8, 4) is 0 Å². The van der Waals surface area contributed by atoms with Gasteiger partial charge in [0, 0.05) is 16.2 Å². The summed E-state index contributed by atoms with van der Waals surface area (Å²) in [6.45, 7) is 3.65. The number of carbonyl (C=O) groups excluding carboxylic acids is 1. The van der Waals surface area contributed by atoms with Crippen LogP contribution in [-0.4, -0.2) is 15.7 Å². The van der Waals surface area contributed by atoms with Crippen LogP contribution < -0.4 is 10.9 Å². The predicted molar refractivity (Wildman–Crippen MR) is 92.7 cm³/mol. The summed E-state index contributed by atoms with van der Waals surface area (Å²) in [5, 5.41) is 7.23. The van der Waals surface area contributed by atoms with Crippen molar-refractivity contribution in [1.29, 1.82) is 0 Å². The molecular formula is C17H18BrN3O2. The molecule has 120 valence electrons. The Morgan fingerprint density at radius 2 is 2.13 bits per heavy atom. The van der Waals surface area contributed by atoms with E-state index in [-0.39, 0.29) is 11.5 Å². The summed E-state index contributed by atoms with van der Waals surface area (Å²) in [7, 11) is 0. The normalized spacial score (nSPS) is 14.4. The molecule has 1 heterocycles. The van der Waals surface area contributed by atoms with Gasteiger partial charge in [0.05, 0.1) is 5.69 Å². The number of nitrogens with one attached hydrogen (secondary N) is 1. The Morgan fingerprint density at radius 3 is 2.87 bits per heavy atom. The molecule has 1 aromatic heterocycles. The first-order valence-corrected chi connectivity index (χ1v) is 8.43. The molecule has 0 radical (unpaired) electrons. The van der Waals surface area contributed by atoms with E-state index in [0.717, 1.165) is 40.6 Å². The summed E-state index contributed by atoms with van der Waals surface area (Å²) in [5.74, 6) is -0.251. The third kappa shape index (κ3) is 3.22. The number of hydrogen-bond donors (Lipinski definition) is 1. The highest BCUT2D eigenvalue weighted by atomic mass is 79.9. The number of anilines is 1. The van der Waals surface area contributed by atoms with E-state index >= 15 is 0 Å². The van der Waals surface area contributed by atoms with Crippen molar-refractivity contribution in [2.75, 3.05) is 5.32 Å². The average Bonchev–Trinajstić information content (AvgIpc) is 2.96. The molecule has 2 aromatic rings. The van der Waals surface area contributed by atoms with Crippen molar-refractivity contribution in [3.63, 3.8) is 0 Å². The zero-order valence-corrected chi connectivity index (χ0v) is 14.7. The fraction of sp³-hybridized carbons (Fsp3) is 0.353. The number of nitrogens with zero attached hydrogens (tertiary/aromatic N) is 2. The van der Waals surface area contributed by atoms with Crippen molar-refractivity contribution in [3.05, 3.63) is 55.9 Å². The molecule has 1 unspecified atom stereocenters. The summed E-state index contributed by atoms with van der Waals surface area (Å²) >= 11 is 3.43. The smallest absolute Gasteiger partial charge is 0.267 e. The molecule has 1 aliphatic carbocycles. The van der Waals surface area contributed by atoms with Crippen LogP contribution in [0.5, 0.6) is 0 Å². The van der Waals surface area contributed by atoms with E-state index in [4.69, 9.17) is 0 Å². The number of aryl methyl sites for hydroxylation is 3. The number of fused-ring (bicyclic) bond motifs is 1. The minimum absolute atomic E-state index is 0.222. The van der Waals surface area contributed by atoms with E-state index in [9.17, 15) is 9.59 Å². The van der Waals surface area contributed by atoms with Crippen LogP contribution in [0.15, 0.2) is 33.5 Å². The minimum Gasteiger partial charge on any atom is -0.324 e. The maximum absolute atomic E-state index is 12.4. The molecule has 0 fully saturated rings. The van der Waals surface area contributed by atoms with Gasteiger partial charge in [0.2, 0.25) is 5.91 Å². The lowest BCUT2D eigenvalue weighted by atomic mass is 10.2. The van der Waals surface area contributed by atoms with Gasteiger partial charge in [-0.25, -0.2) is 4.68 Å². The molecule has 1 amide bonds. The number of amides is 1. The third-order valence-electron chi connectivity index (χ3n) is 4.15. The number of halogens is 1. The predicted octanol–water partition coefficient (Wildman–Crippen LogP) is 3.00. The van der Waals surface area contributed by atoms with Crippen molar-refractivity contribution < 1.29 is 4.79 Å². The van der Waals surface area contributed by atoms with Gasteiger partial charge in [-0.2, -0.15) is 5.10 Å². The molecule has 1 atom stereocenters. The number of rotatable bonds is 3.